The van der Waals surface area contributed by atoms with Crippen molar-refractivity contribution in [3.05, 3.63) is 71.1 Å². The Morgan fingerprint density at radius 2 is 1.65 bits per heavy atom. The second-order valence-corrected chi connectivity index (χ2v) is 7.56. The van der Waals surface area contributed by atoms with Gasteiger partial charge >= 0.3 is 0 Å². The molecule has 3 aromatic rings. The zero-order chi connectivity index (χ0) is 16.3. The highest BCUT2D eigenvalue weighted by atomic mass is 32.1. The quantitative estimate of drug-likeness (QED) is 0.664. The molecule has 1 aromatic heterocycles. The van der Waals surface area contributed by atoms with E-state index in [2.05, 4.69) is 80.0 Å². The number of hydrogen-bond acceptors (Lipinski definition) is 3. The highest BCUT2D eigenvalue weighted by molar-refractivity contribution is 7.14. The molecule has 0 amide bonds. The Morgan fingerprint density at radius 3 is 2.30 bits per heavy atom. The molecule has 0 atom stereocenters. The Hall–Kier alpha value is -2.13. The van der Waals surface area contributed by atoms with Gasteiger partial charge in [-0.15, -0.1) is 11.3 Å². The number of nitrogens with one attached hydrogen (secondary N) is 1. The van der Waals surface area contributed by atoms with Crippen molar-refractivity contribution in [2.75, 3.05) is 5.32 Å². The van der Waals surface area contributed by atoms with Crippen molar-refractivity contribution in [1.82, 2.24) is 4.98 Å². The first-order chi connectivity index (χ1) is 11.0. The summed E-state index contributed by atoms with van der Waals surface area (Å²) < 4.78 is 0. The van der Waals surface area contributed by atoms with Crippen molar-refractivity contribution in [3.8, 4) is 11.3 Å². The van der Waals surface area contributed by atoms with Crippen LogP contribution in [0.15, 0.2) is 60.0 Å². The standard InChI is InChI=1S/C20H22N2S/c1-20(2,3)17-11-9-16(10-12-17)18-14-23-19(22-18)21-13-15-7-5-4-6-8-15/h4-12,14H,13H2,1-3H3,(H,21,22). The van der Waals surface area contributed by atoms with Crippen molar-refractivity contribution in [3.63, 3.8) is 0 Å². The molecule has 23 heavy (non-hydrogen) atoms. The van der Waals surface area contributed by atoms with Crippen LogP contribution in [0.1, 0.15) is 31.9 Å². The summed E-state index contributed by atoms with van der Waals surface area (Å²) in [6.07, 6.45) is 0. The summed E-state index contributed by atoms with van der Waals surface area (Å²) in [5.74, 6) is 0. The van der Waals surface area contributed by atoms with Gasteiger partial charge in [0.2, 0.25) is 0 Å². The van der Waals surface area contributed by atoms with Crippen LogP contribution in [-0.2, 0) is 12.0 Å². The van der Waals surface area contributed by atoms with Gasteiger partial charge in [-0.25, -0.2) is 4.98 Å². The van der Waals surface area contributed by atoms with Crippen LogP contribution < -0.4 is 5.32 Å². The number of anilines is 1. The van der Waals surface area contributed by atoms with E-state index in [4.69, 9.17) is 4.98 Å². The fourth-order valence-electron chi connectivity index (χ4n) is 2.40. The van der Waals surface area contributed by atoms with E-state index in [1.165, 1.54) is 16.7 Å². The Labute approximate surface area is 142 Å². The molecule has 0 saturated heterocycles. The molecule has 3 rings (SSSR count). The van der Waals surface area contributed by atoms with Crippen LogP contribution >= 0.6 is 11.3 Å². The number of benzene rings is 2. The second-order valence-electron chi connectivity index (χ2n) is 6.70. The summed E-state index contributed by atoms with van der Waals surface area (Å²) in [5, 5.41) is 6.47. The van der Waals surface area contributed by atoms with Crippen molar-refractivity contribution in [2.45, 2.75) is 32.7 Å². The van der Waals surface area contributed by atoms with Crippen LogP contribution in [0.3, 0.4) is 0 Å². The second kappa shape index (κ2) is 6.55. The first-order valence-corrected chi connectivity index (χ1v) is 8.74. The van der Waals surface area contributed by atoms with Gasteiger partial charge in [-0.3, -0.25) is 0 Å². The minimum Gasteiger partial charge on any atom is -0.357 e. The van der Waals surface area contributed by atoms with Gasteiger partial charge in [0, 0.05) is 17.5 Å². The largest absolute Gasteiger partial charge is 0.357 e. The SMILES string of the molecule is CC(C)(C)c1ccc(-c2csc(NCc3ccccc3)n2)cc1. The summed E-state index contributed by atoms with van der Waals surface area (Å²) in [6, 6.07) is 19.1. The van der Waals surface area contributed by atoms with E-state index in [0.29, 0.717) is 0 Å². The zero-order valence-corrected chi connectivity index (χ0v) is 14.7. The molecule has 0 aliphatic rings. The van der Waals surface area contributed by atoms with E-state index < -0.39 is 0 Å². The molecule has 0 fully saturated rings. The predicted octanol–water partition coefficient (Wildman–Crippen LogP) is 5.72. The highest BCUT2D eigenvalue weighted by Crippen LogP contribution is 2.28. The van der Waals surface area contributed by atoms with E-state index in [-0.39, 0.29) is 5.41 Å². The minimum absolute atomic E-state index is 0.184. The average Bonchev–Trinajstić information content (AvgIpc) is 3.02. The average molecular weight is 322 g/mol. The third-order valence-corrected chi connectivity index (χ3v) is 4.64. The van der Waals surface area contributed by atoms with Gasteiger partial charge in [-0.2, -0.15) is 0 Å². The predicted molar refractivity (Wildman–Crippen MR) is 100 cm³/mol. The molecule has 2 aromatic carbocycles. The van der Waals surface area contributed by atoms with Gasteiger partial charge in [0.05, 0.1) is 5.69 Å². The van der Waals surface area contributed by atoms with Gasteiger partial charge < -0.3 is 5.32 Å². The van der Waals surface area contributed by atoms with Crippen LogP contribution in [0, 0.1) is 0 Å². The first-order valence-electron chi connectivity index (χ1n) is 7.86. The Bertz CT molecular complexity index is 752. The summed E-state index contributed by atoms with van der Waals surface area (Å²) in [4.78, 5) is 4.69. The molecule has 0 aliphatic heterocycles. The van der Waals surface area contributed by atoms with Crippen LogP contribution in [0.4, 0.5) is 5.13 Å². The molecule has 0 aliphatic carbocycles. The Morgan fingerprint density at radius 1 is 0.957 bits per heavy atom. The Kier molecular flexibility index (Phi) is 4.49. The van der Waals surface area contributed by atoms with Crippen LogP contribution in [0.2, 0.25) is 0 Å². The maximum Gasteiger partial charge on any atom is 0.183 e. The fraction of sp³-hybridized carbons (Fsp3) is 0.250. The van der Waals surface area contributed by atoms with Crippen LogP contribution in [-0.4, -0.2) is 4.98 Å². The lowest BCUT2D eigenvalue weighted by atomic mass is 9.86. The molecule has 0 spiro atoms. The maximum atomic E-state index is 4.69. The molecular weight excluding hydrogens is 300 g/mol. The molecule has 3 heteroatoms. The summed E-state index contributed by atoms with van der Waals surface area (Å²) >= 11 is 1.65. The summed E-state index contributed by atoms with van der Waals surface area (Å²) in [5.41, 5.74) is 4.99. The first kappa shape index (κ1) is 15.8. The lowest BCUT2D eigenvalue weighted by molar-refractivity contribution is 0.590. The fourth-order valence-corrected chi connectivity index (χ4v) is 3.12. The number of thiazole rings is 1. The lowest BCUT2D eigenvalue weighted by Crippen LogP contribution is -2.10. The van der Waals surface area contributed by atoms with E-state index >= 15 is 0 Å². The number of rotatable bonds is 4. The molecule has 118 valence electrons. The molecule has 1 heterocycles. The van der Waals surface area contributed by atoms with E-state index in [9.17, 15) is 0 Å². The van der Waals surface area contributed by atoms with Gasteiger partial charge in [-0.1, -0.05) is 75.4 Å². The van der Waals surface area contributed by atoms with Crippen LogP contribution in [0.25, 0.3) is 11.3 Å². The lowest BCUT2D eigenvalue weighted by Gasteiger charge is -2.18. The monoisotopic (exact) mass is 322 g/mol. The highest BCUT2D eigenvalue weighted by Gasteiger charge is 2.13. The molecule has 0 radical (unpaired) electrons. The summed E-state index contributed by atoms with van der Waals surface area (Å²) in [6.45, 7) is 7.50. The van der Waals surface area contributed by atoms with Crippen molar-refractivity contribution in [2.24, 2.45) is 0 Å². The molecule has 2 nitrogen and oxygen atoms in total. The number of hydrogen-bond donors (Lipinski definition) is 1. The van der Waals surface area contributed by atoms with Crippen LogP contribution in [0.5, 0.6) is 0 Å². The molecule has 0 saturated carbocycles. The molecule has 1 N–H and O–H groups in total. The van der Waals surface area contributed by atoms with E-state index in [0.717, 1.165) is 17.4 Å². The van der Waals surface area contributed by atoms with Gasteiger partial charge in [0.15, 0.2) is 5.13 Å². The van der Waals surface area contributed by atoms with Crippen molar-refractivity contribution in [1.29, 1.82) is 0 Å². The zero-order valence-electron chi connectivity index (χ0n) is 13.8. The van der Waals surface area contributed by atoms with E-state index in [1.807, 2.05) is 6.07 Å². The topological polar surface area (TPSA) is 24.9 Å². The van der Waals surface area contributed by atoms with Crippen molar-refractivity contribution >= 4 is 16.5 Å². The maximum absolute atomic E-state index is 4.69. The van der Waals surface area contributed by atoms with Gasteiger partial charge in [0.25, 0.3) is 0 Å². The summed E-state index contributed by atoms with van der Waals surface area (Å²) in [7, 11) is 0. The normalized spacial score (nSPS) is 11.4. The third kappa shape index (κ3) is 3.99. The molecular formula is C20H22N2S. The number of aromatic nitrogens is 1. The molecule has 0 unspecified atom stereocenters. The minimum atomic E-state index is 0.184. The van der Waals surface area contributed by atoms with Gasteiger partial charge in [0.1, 0.15) is 0 Å². The Balaban J connectivity index is 1.69. The van der Waals surface area contributed by atoms with Gasteiger partial charge in [-0.05, 0) is 16.5 Å². The van der Waals surface area contributed by atoms with E-state index in [1.54, 1.807) is 11.3 Å². The van der Waals surface area contributed by atoms with Crippen molar-refractivity contribution < 1.29 is 0 Å². The smallest absolute Gasteiger partial charge is 0.183 e. The molecule has 0 bridgehead atoms. The third-order valence-electron chi connectivity index (χ3n) is 3.84. The number of nitrogens with zero attached hydrogens (tertiary/aromatic N) is 1.